The molecular weight excluding hydrogens is 336 g/mol. The molecular formula is C19H16N2O5. The molecule has 26 heavy (non-hydrogen) atoms. The van der Waals surface area contributed by atoms with Crippen molar-refractivity contribution in [3.63, 3.8) is 0 Å². The summed E-state index contributed by atoms with van der Waals surface area (Å²) in [5.41, 5.74) is 0.253. The van der Waals surface area contributed by atoms with Gasteiger partial charge in [-0.1, -0.05) is 18.2 Å². The van der Waals surface area contributed by atoms with Gasteiger partial charge in [0, 0.05) is 17.8 Å². The van der Waals surface area contributed by atoms with Crippen molar-refractivity contribution in [3.8, 4) is 11.5 Å². The molecule has 0 heterocycles. The quantitative estimate of drug-likeness (QED) is 0.538. The van der Waals surface area contributed by atoms with E-state index >= 15 is 0 Å². The number of nitro benzene ring substituents is 1. The molecule has 0 unspecified atom stereocenters. The van der Waals surface area contributed by atoms with Crippen LogP contribution < -0.4 is 14.8 Å². The Hall–Kier alpha value is -3.61. The molecule has 132 valence electrons. The Morgan fingerprint density at radius 2 is 1.77 bits per heavy atom. The predicted octanol–water partition coefficient (Wildman–Crippen LogP) is 3.77. The topological polar surface area (TPSA) is 90.7 Å². The fourth-order valence-electron chi connectivity index (χ4n) is 2.46. The van der Waals surface area contributed by atoms with E-state index in [1.54, 1.807) is 19.2 Å². The van der Waals surface area contributed by atoms with Crippen molar-refractivity contribution in [3.05, 3.63) is 70.8 Å². The number of anilines is 1. The van der Waals surface area contributed by atoms with Crippen LogP contribution in [0.15, 0.2) is 60.7 Å². The van der Waals surface area contributed by atoms with Gasteiger partial charge in [0.05, 0.1) is 12.0 Å². The van der Waals surface area contributed by atoms with Crippen molar-refractivity contribution >= 4 is 28.1 Å². The van der Waals surface area contributed by atoms with Gasteiger partial charge >= 0.3 is 0 Å². The summed E-state index contributed by atoms with van der Waals surface area (Å²) in [6.07, 6.45) is 0. The first-order valence-corrected chi connectivity index (χ1v) is 7.80. The third kappa shape index (κ3) is 4.07. The standard InChI is InChI=1S/C19H16N2O5/c1-25-17-7-5-13-6-8-18(10-14(13)9-17)26-12-19(22)20-15-3-2-4-16(11-15)21(23)24/h2-11H,12H2,1H3,(H,20,22). The van der Waals surface area contributed by atoms with Crippen LogP contribution in [0, 0.1) is 10.1 Å². The number of nitro groups is 1. The van der Waals surface area contributed by atoms with Crippen molar-refractivity contribution in [2.24, 2.45) is 0 Å². The number of non-ortho nitro benzene ring substituents is 1. The number of carbonyl (C=O) groups excluding carboxylic acids is 1. The molecule has 1 N–H and O–H groups in total. The molecule has 1 amide bonds. The Morgan fingerprint density at radius 3 is 2.50 bits per heavy atom. The Morgan fingerprint density at radius 1 is 1.04 bits per heavy atom. The van der Waals surface area contributed by atoms with Gasteiger partial charge in [0.15, 0.2) is 6.61 Å². The number of nitrogens with one attached hydrogen (secondary N) is 1. The highest BCUT2D eigenvalue weighted by Crippen LogP contribution is 2.25. The summed E-state index contributed by atoms with van der Waals surface area (Å²) >= 11 is 0. The number of rotatable bonds is 6. The molecule has 0 bridgehead atoms. The van der Waals surface area contributed by atoms with E-state index in [2.05, 4.69) is 5.32 Å². The number of fused-ring (bicyclic) bond motifs is 1. The van der Waals surface area contributed by atoms with Gasteiger partial charge in [-0.3, -0.25) is 14.9 Å². The van der Waals surface area contributed by atoms with Gasteiger partial charge in [-0.25, -0.2) is 0 Å². The highest BCUT2D eigenvalue weighted by atomic mass is 16.6. The highest BCUT2D eigenvalue weighted by Gasteiger charge is 2.09. The summed E-state index contributed by atoms with van der Waals surface area (Å²) < 4.78 is 10.7. The zero-order chi connectivity index (χ0) is 18.5. The normalized spacial score (nSPS) is 10.3. The number of hydrogen-bond acceptors (Lipinski definition) is 5. The first kappa shape index (κ1) is 17.2. The molecule has 0 saturated carbocycles. The molecule has 0 aromatic heterocycles. The summed E-state index contributed by atoms with van der Waals surface area (Å²) in [5.74, 6) is 0.870. The van der Waals surface area contributed by atoms with Gasteiger partial charge in [0.1, 0.15) is 11.5 Å². The maximum Gasteiger partial charge on any atom is 0.271 e. The maximum atomic E-state index is 12.0. The smallest absolute Gasteiger partial charge is 0.271 e. The van der Waals surface area contributed by atoms with E-state index < -0.39 is 10.8 Å². The average molecular weight is 352 g/mol. The van der Waals surface area contributed by atoms with Gasteiger partial charge in [-0.15, -0.1) is 0 Å². The molecule has 0 fully saturated rings. The van der Waals surface area contributed by atoms with Crippen molar-refractivity contribution in [1.82, 2.24) is 0 Å². The summed E-state index contributed by atoms with van der Waals surface area (Å²) in [6.45, 7) is -0.210. The number of ether oxygens (including phenoxy) is 2. The lowest BCUT2D eigenvalue weighted by atomic mass is 10.1. The third-order valence-electron chi connectivity index (χ3n) is 3.73. The van der Waals surface area contributed by atoms with Crippen LogP contribution in [-0.2, 0) is 4.79 Å². The van der Waals surface area contributed by atoms with Crippen LogP contribution >= 0.6 is 0 Å². The van der Waals surface area contributed by atoms with E-state index in [9.17, 15) is 14.9 Å². The molecule has 3 rings (SSSR count). The highest BCUT2D eigenvalue weighted by molar-refractivity contribution is 5.92. The van der Waals surface area contributed by atoms with Gasteiger partial charge in [-0.05, 0) is 41.1 Å². The fraction of sp³-hybridized carbons (Fsp3) is 0.105. The van der Waals surface area contributed by atoms with Crippen LogP contribution in [0.1, 0.15) is 0 Å². The molecule has 7 nitrogen and oxygen atoms in total. The average Bonchev–Trinajstić information content (AvgIpc) is 2.65. The minimum Gasteiger partial charge on any atom is -0.497 e. The van der Waals surface area contributed by atoms with Crippen LogP contribution in [0.3, 0.4) is 0 Å². The van der Waals surface area contributed by atoms with E-state index in [0.717, 1.165) is 16.5 Å². The predicted molar refractivity (Wildman–Crippen MR) is 97.7 cm³/mol. The number of hydrogen-bond donors (Lipinski definition) is 1. The van der Waals surface area contributed by atoms with Crippen molar-refractivity contribution in [2.45, 2.75) is 0 Å². The van der Waals surface area contributed by atoms with Gasteiger partial charge < -0.3 is 14.8 Å². The molecule has 0 aliphatic carbocycles. The maximum absolute atomic E-state index is 12.0. The Bertz CT molecular complexity index is 971. The first-order valence-electron chi connectivity index (χ1n) is 7.80. The molecule has 3 aromatic carbocycles. The number of benzene rings is 3. The van der Waals surface area contributed by atoms with E-state index in [1.165, 1.54) is 18.2 Å². The van der Waals surface area contributed by atoms with Crippen molar-refractivity contribution < 1.29 is 19.2 Å². The third-order valence-corrected chi connectivity index (χ3v) is 3.73. The molecule has 0 aliphatic heterocycles. The molecule has 0 radical (unpaired) electrons. The molecule has 0 atom stereocenters. The van der Waals surface area contributed by atoms with E-state index in [-0.39, 0.29) is 12.3 Å². The van der Waals surface area contributed by atoms with E-state index in [4.69, 9.17) is 9.47 Å². The van der Waals surface area contributed by atoms with E-state index in [1.807, 2.05) is 30.3 Å². The Balaban J connectivity index is 1.64. The molecule has 3 aromatic rings. The summed E-state index contributed by atoms with van der Waals surface area (Å²) in [5, 5.41) is 15.3. The molecule has 7 heteroatoms. The number of amides is 1. The zero-order valence-electron chi connectivity index (χ0n) is 14.0. The molecule has 0 saturated heterocycles. The van der Waals surface area contributed by atoms with Gasteiger partial charge in [0.2, 0.25) is 0 Å². The van der Waals surface area contributed by atoms with Crippen LogP contribution in [-0.4, -0.2) is 24.5 Å². The number of methoxy groups -OCH3 is 1. The second kappa shape index (κ2) is 7.52. The van der Waals surface area contributed by atoms with Gasteiger partial charge in [-0.2, -0.15) is 0 Å². The largest absolute Gasteiger partial charge is 0.497 e. The first-order chi connectivity index (χ1) is 12.5. The second-order valence-corrected chi connectivity index (χ2v) is 5.52. The summed E-state index contributed by atoms with van der Waals surface area (Å²) in [7, 11) is 1.60. The van der Waals surface area contributed by atoms with Crippen molar-refractivity contribution in [2.75, 3.05) is 19.0 Å². The van der Waals surface area contributed by atoms with E-state index in [0.29, 0.717) is 11.4 Å². The van der Waals surface area contributed by atoms with Gasteiger partial charge in [0.25, 0.3) is 11.6 Å². The SMILES string of the molecule is COc1ccc2ccc(OCC(=O)Nc3cccc([N+](=O)[O-])c3)cc2c1. The van der Waals surface area contributed by atoms with Crippen LogP contribution in [0.4, 0.5) is 11.4 Å². The van der Waals surface area contributed by atoms with Crippen LogP contribution in [0.25, 0.3) is 10.8 Å². The summed E-state index contributed by atoms with van der Waals surface area (Å²) in [4.78, 5) is 22.2. The number of nitrogens with zero attached hydrogens (tertiary/aromatic N) is 1. The monoisotopic (exact) mass is 352 g/mol. The summed E-state index contributed by atoms with van der Waals surface area (Å²) in [6, 6.07) is 16.9. The zero-order valence-corrected chi connectivity index (χ0v) is 14.0. The number of carbonyl (C=O) groups is 1. The van der Waals surface area contributed by atoms with Crippen molar-refractivity contribution in [1.29, 1.82) is 0 Å². The second-order valence-electron chi connectivity index (χ2n) is 5.52. The fourth-order valence-corrected chi connectivity index (χ4v) is 2.46. The Labute approximate surface area is 149 Å². The Kier molecular flexibility index (Phi) is 4.98. The molecule has 0 aliphatic rings. The minimum absolute atomic E-state index is 0.0906. The van der Waals surface area contributed by atoms with Crippen LogP contribution in [0.2, 0.25) is 0 Å². The lowest BCUT2D eigenvalue weighted by Gasteiger charge is -2.09. The minimum atomic E-state index is -0.518. The lowest BCUT2D eigenvalue weighted by molar-refractivity contribution is -0.384. The molecule has 0 spiro atoms. The lowest BCUT2D eigenvalue weighted by Crippen LogP contribution is -2.20. The van der Waals surface area contributed by atoms with Crippen LogP contribution in [0.5, 0.6) is 11.5 Å².